The molecule has 1 aliphatic heterocycles. The molecule has 1 saturated heterocycles. The van der Waals surface area contributed by atoms with Gasteiger partial charge in [-0.3, -0.25) is 4.79 Å². The van der Waals surface area contributed by atoms with Crippen LogP contribution in [0.15, 0.2) is 30.6 Å². The summed E-state index contributed by atoms with van der Waals surface area (Å²) in [5, 5.41) is 10.2. The highest BCUT2D eigenvalue weighted by Gasteiger charge is 2.45. The van der Waals surface area contributed by atoms with E-state index in [9.17, 15) is 9.90 Å². The summed E-state index contributed by atoms with van der Waals surface area (Å²) in [5.41, 5.74) is 1.13. The second-order valence-electron chi connectivity index (χ2n) is 5.87. The molecular formula is C15H19N3O2. The van der Waals surface area contributed by atoms with Crippen LogP contribution < -0.4 is 0 Å². The molecule has 1 aromatic carbocycles. The van der Waals surface area contributed by atoms with E-state index < -0.39 is 5.60 Å². The van der Waals surface area contributed by atoms with Crippen molar-refractivity contribution in [3.63, 3.8) is 0 Å². The number of hydrogen-bond donors (Lipinski definition) is 1. The zero-order valence-corrected chi connectivity index (χ0v) is 11.8. The summed E-state index contributed by atoms with van der Waals surface area (Å²) < 4.78 is 1.85. The average Bonchev–Trinajstić information content (AvgIpc) is 2.78. The maximum atomic E-state index is 12.2. The summed E-state index contributed by atoms with van der Waals surface area (Å²) in [5.74, 6) is 0.194. The van der Waals surface area contributed by atoms with Crippen molar-refractivity contribution in [1.29, 1.82) is 0 Å². The first-order chi connectivity index (χ1) is 9.49. The van der Waals surface area contributed by atoms with E-state index in [0.717, 1.165) is 11.0 Å². The van der Waals surface area contributed by atoms with Crippen LogP contribution in [0, 0.1) is 5.92 Å². The third-order valence-electron chi connectivity index (χ3n) is 4.19. The van der Waals surface area contributed by atoms with Gasteiger partial charge in [0.1, 0.15) is 12.1 Å². The zero-order chi connectivity index (χ0) is 14.3. The Balaban J connectivity index is 1.69. The molecule has 1 fully saturated rings. The van der Waals surface area contributed by atoms with E-state index in [0.29, 0.717) is 13.1 Å². The van der Waals surface area contributed by atoms with Crippen molar-refractivity contribution in [1.82, 2.24) is 14.5 Å². The number of likely N-dealkylation sites (tertiary alicyclic amines) is 1. The molecule has 0 unspecified atom stereocenters. The van der Waals surface area contributed by atoms with Crippen LogP contribution in [-0.2, 0) is 11.3 Å². The minimum Gasteiger partial charge on any atom is -0.386 e. The molecule has 5 nitrogen and oxygen atoms in total. The fraction of sp³-hybridized carbons (Fsp3) is 0.467. The van der Waals surface area contributed by atoms with Gasteiger partial charge in [-0.15, -0.1) is 0 Å². The quantitative estimate of drug-likeness (QED) is 0.916. The number of para-hydroxylation sites is 2. The molecule has 2 heterocycles. The van der Waals surface area contributed by atoms with E-state index in [-0.39, 0.29) is 18.4 Å². The lowest BCUT2D eigenvalue weighted by molar-refractivity contribution is -0.164. The van der Waals surface area contributed by atoms with Gasteiger partial charge < -0.3 is 14.6 Å². The molecule has 1 amide bonds. The highest BCUT2D eigenvalue weighted by atomic mass is 16.3. The Morgan fingerprint density at radius 3 is 2.80 bits per heavy atom. The maximum absolute atomic E-state index is 12.2. The summed E-state index contributed by atoms with van der Waals surface area (Å²) in [4.78, 5) is 18.2. The molecule has 0 spiro atoms. The SMILES string of the molecule is CC(C)C1(O)CN(C(=O)Cn2cnc3ccccc32)C1. The Kier molecular flexibility index (Phi) is 3.01. The van der Waals surface area contributed by atoms with Gasteiger partial charge in [-0.05, 0) is 18.1 Å². The van der Waals surface area contributed by atoms with Gasteiger partial charge in [0.2, 0.25) is 5.91 Å². The fourth-order valence-corrected chi connectivity index (χ4v) is 2.54. The van der Waals surface area contributed by atoms with E-state index in [1.54, 1.807) is 11.2 Å². The number of nitrogens with zero attached hydrogens (tertiary/aromatic N) is 3. The number of carbonyl (C=O) groups is 1. The van der Waals surface area contributed by atoms with Crippen molar-refractivity contribution in [2.45, 2.75) is 26.0 Å². The first kappa shape index (κ1) is 13.1. The number of carbonyl (C=O) groups excluding carboxylic acids is 1. The number of benzene rings is 1. The Bertz CT molecular complexity index is 641. The lowest BCUT2D eigenvalue weighted by Gasteiger charge is -2.49. The maximum Gasteiger partial charge on any atom is 0.242 e. The molecule has 0 aliphatic carbocycles. The van der Waals surface area contributed by atoms with Crippen LogP contribution in [-0.4, -0.2) is 44.2 Å². The lowest BCUT2D eigenvalue weighted by atomic mass is 9.83. The van der Waals surface area contributed by atoms with Crippen molar-refractivity contribution in [3.8, 4) is 0 Å². The van der Waals surface area contributed by atoms with E-state index in [1.807, 2.05) is 42.7 Å². The van der Waals surface area contributed by atoms with Crippen molar-refractivity contribution in [3.05, 3.63) is 30.6 Å². The smallest absolute Gasteiger partial charge is 0.242 e. The standard InChI is InChI=1S/C15H19N3O2/c1-11(2)15(20)8-18(9-15)14(19)7-17-10-16-12-5-3-4-6-13(12)17/h3-6,10-11,20H,7-9H2,1-2H3. The summed E-state index contributed by atoms with van der Waals surface area (Å²) in [6, 6.07) is 7.75. The summed E-state index contributed by atoms with van der Waals surface area (Å²) in [7, 11) is 0. The van der Waals surface area contributed by atoms with Crippen LogP contribution in [0.5, 0.6) is 0 Å². The summed E-state index contributed by atoms with van der Waals surface area (Å²) >= 11 is 0. The van der Waals surface area contributed by atoms with Crippen LogP contribution in [0.4, 0.5) is 0 Å². The second kappa shape index (κ2) is 4.59. The van der Waals surface area contributed by atoms with Crippen molar-refractivity contribution in [2.24, 2.45) is 5.92 Å². The molecule has 0 bridgehead atoms. The number of aromatic nitrogens is 2. The van der Waals surface area contributed by atoms with Gasteiger partial charge in [0, 0.05) is 0 Å². The number of fused-ring (bicyclic) bond motifs is 1. The summed E-state index contributed by atoms with van der Waals surface area (Å²) in [6.07, 6.45) is 1.69. The van der Waals surface area contributed by atoms with Gasteiger partial charge in [0.15, 0.2) is 0 Å². The molecule has 3 rings (SSSR count). The minimum atomic E-state index is -0.716. The third-order valence-corrected chi connectivity index (χ3v) is 4.19. The normalized spacial score (nSPS) is 17.5. The number of hydrogen-bond acceptors (Lipinski definition) is 3. The molecule has 0 radical (unpaired) electrons. The minimum absolute atomic E-state index is 0.0264. The molecule has 1 N–H and O–H groups in total. The van der Waals surface area contributed by atoms with Gasteiger partial charge in [-0.2, -0.15) is 0 Å². The molecule has 0 saturated carbocycles. The monoisotopic (exact) mass is 273 g/mol. The zero-order valence-electron chi connectivity index (χ0n) is 11.8. The Morgan fingerprint density at radius 2 is 2.10 bits per heavy atom. The van der Waals surface area contributed by atoms with Gasteiger partial charge in [0.25, 0.3) is 0 Å². The van der Waals surface area contributed by atoms with Crippen molar-refractivity contribution in [2.75, 3.05) is 13.1 Å². The molecule has 0 atom stereocenters. The predicted octanol–water partition coefficient (Wildman–Crippen LogP) is 1.27. The van der Waals surface area contributed by atoms with Crippen LogP contribution >= 0.6 is 0 Å². The van der Waals surface area contributed by atoms with Crippen LogP contribution in [0.1, 0.15) is 13.8 Å². The number of amides is 1. The molecule has 2 aromatic rings. The van der Waals surface area contributed by atoms with E-state index in [1.165, 1.54) is 0 Å². The Labute approximate surface area is 117 Å². The van der Waals surface area contributed by atoms with E-state index in [4.69, 9.17) is 0 Å². The van der Waals surface area contributed by atoms with Gasteiger partial charge >= 0.3 is 0 Å². The van der Waals surface area contributed by atoms with E-state index >= 15 is 0 Å². The molecule has 1 aromatic heterocycles. The Morgan fingerprint density at radius 1 is 1.40 bits per heavy atom. The average molecular weight is 273 g/mol. The second-order valence-corrected chi connectivity index (χ2v) is 5.87. The highest BCUT2D eigenvalue weighted by Crippen LogP contribution is 2.28. The number of aliphatic hydroxyl groups is 1. The molecular weight excluding hydrogens is 254 g/mol. The molecule has 1 aliphatic rings. The molecule has 20 heavy (non-hydrogen) atoms. The predicted molar refractivity (Wildman–Crippen MR) is 76.1 cm³/mol. The molecule has 106 valence electrons. The molecule has 5 heteroatoms. The van der Waals surface area contributed by atoms with Gasteiger partial charge in [-0.25, -0.2) is 4.98 Å². The number of imidazole rings is 1. The van der Waals surface area contributed by atoms with Crippen LogP contribution in [0.3, 0.4) is 0 Å². The van der Waals surface area contributed by atoms with Crippen LogP contribution in [0.25, 0.3) is 11.0 Å². The third kappa shape index (κ3) is 2.08. The summed E-state index contributed by atoms with van der Waals surface area (Å²) in [6.45, 7) is 5.08. The van der Waals surface area contributed by atoms with E-state index in [2.05, 4.69) is 4.98 Å². The van der Waals surface area contributed by atoms with Crippen molar-refractivity contribution < 1.29 is 9.90 Å². The first-order valence-electron chi connectivity index (χ1n) is 6.90. The van der Waals surface area contributed by atoms with Gasteiger partial charge in [-0.1, -0.05) is 26.0 Å². The topological polar surface area (TPSA) is 58.4 Å². The lowest BCUT2D eigenvalue weighted by Crippen LogP contribution is -2.66. The fourth-order valence-electron chi connectivity index (χ4n) is 2.54. The van der Waals surface area contributed by atoms with Crippen molar-refractivity contribution >= 4 is 16.9 Å². The largest absolute Gasteiger partial charge is 0.386 e. The number of rotatable bonds is 3. The Hall–Kier alpha value is -1.88. The number of β-amino-alcohol motifs (C(OH)–C–C–N with tert-alkyl or cyclic N) is 1. The van der Waals surface area contributed by atoms with Crippen LogP contribution in [0.2, 0.25) is 0 Å². The first-order valence-corrected chi connectivity index (χ1v) is 6.90. The van der Waals surface area contributed by atoms with Gasteiger partial charge in [0.05, 0.1) is 30.5 Å². The highest BCUT2D eigenvalue weighted by molar-refractivity contribution is 5.81.